The molecule has 18 heteroatoms. The van der Waals surface area contributed by atoms with Crippen molar-refractivity contribution in [2.24, 2.45) is 0 Å². The second-order valence-corrected chi connectivity index (χ2v) is 13.7. The maximum Gasteiger partial charge on any atom is 0 e. The van der Waals surface area contributed by atoms with Gasteiger partial charge in [0.15, 0.2) is 0 Å². The zero-order chi connectivity index (χ0) is 41.3. The fourth-order valence-electron chi connectivity index (χ4n) is 4.18. The van der Waals surface area contributed by atoms with Crippen LogP contribution in [0.2, 0.25) is 0 Å². The van der Waals surface area contributed by atoms with Gasteiger partial charge in [-0.1, -0.05) is 26.0 Å². The molecule has 0 aromatic carbocycles. The predicted molar refractivity (Wildman–Crippen MR) is 188 cm³/mol. The molecular formula is C38H30F12IrN4P-. The third-order valence-corrected chi connectivity index (χ3v) is 6.76. The number of hydrogen-bond acceptors (Lipinski definition) is 4. The van der Waals surface area contributed by atoms with Gasteiger partial charge in [0.2, 0.25) is 0 Å². The number of allylic oxidation sites excluding steroid dienone is 6. The molecule has 2 aliphatic carbocycles. The summed E-state index contributed by atoms with van der Waals surface area (Å²) >= 11 is 0. The summed E-state index contributed by atoms with van der Waals surface area (Å²) < 4.78 is 134. The second-order valence-electron chi connectivity index (χ2n) is 11.8. The summed E-state index contributed by atoms with van der Waals surface area (Å²) in [6.07, 6.45) is 8.45. The predicted octanol–water partition coefficient (Wildman–Crippen LogP) is 13.7. The Hall–Kier alpha value is -4.64. The molecule has 0 aliphatic heterocycles. The number of pyridine rings is 4. The number of aryl methyl sites for hydroxylation is 2. The summed E-state index contributed by atoms with van der Waals surface area (Å²) in [6.45, 7) is 8.26. The zero-order valence-corrected chi connectivity index (χ0v) is 32.8. The molecule has 4 heterocycles. The fraction of sp³-hybridized carbons (Fsp3) is 0.158. The van der Waals surface area contributed by atoms with Gasteiger partial charge in [-0.05, 0) is 97.8 Å². The Balaban J connectivity index is 0.000000270. The normalized spacial score (nSPS) is 15.2. The van der Waals surface area contributed by atoms with Crippen LogP contribution in [-0.4, -0.2) is 19.9 Å². The molecular weight excluding hydrogens is 964 g/mol. The molecule has 3 radical (unpaired) electrons. The molecule has 4 aromatic heterocycles. The van der Waals surface area contributed by atoms with Gasteiger partial charge in [-0.2, -0.15) is 26.3 Å². The fourth-order valence-corrected chi connectivity index (χ4v) is 4.18. The monoisotopic (exact) mass is 994 g/mol. The Kier molecular flexibility index (Phi) is 15.3. The first-order chi connectivity index (χ1) is 25.1. The van der Waals surface area contributed by atoms with Crippen molar-refractivity contribution in [1.82, 2.24) is 19.9 Å². The maximum atomic E-state index is 12.5. The van der Waals surface area contributed by atoms with Crippen LogP contribution in [0.3, 0.4) is 0 Å². The Morgan fingerprint density at radius 3 is 1.04 bits per heavy atom. The minimum absolute atomic E-state index is 0. The quantitative estimate of drug-likeness (QED) is 0.117. The summed E-state index contributed by atoms with van der Waals surface area (Å²) in [4.78, 5) is 15.8. The van der Waals surface area contributed by atoms with Gasteiger partial charge in [0.05, 0.1) is 33.9 Å². The largest absolute Gasteiger partial charge is 0 e. The van der Waals surface area contributed by atoms with Gasteiger partial charge < -0.3 is 0 Å². The van der Waals surface area contributed by atoms with E-state index < -0.39 is 31.3 Å². The van der Waals surface area contributed by atoms with E-state index in [9.17, 15) is 51.5 Å². The van der Waals surface area contributed by atoms with Crippen LogP contribution in [0.15, 0.2) is 121 Å². The van der Waals surface area contributed by atoms with Crippen molar-refractivity contribution >= 4 is 19.0 Å². The van der Waals surface area contributed by atoms with E-state index in [4.69, 9.17) is 0 Å². The van der Waals surface area contributed by atoms with Crippen molar-refractivity contribution < 1.29 is 71.6 Å². The van der Waals surface area contributed by atoms with Crippen molar-refractivity contribution in [3.05, 3.63) is 167 Å². The van der Waals surface area contributed by atoms with Gasteiger partial charge >= 0.3 is 45.3 Å². The van der Waals surface area contributed by atoms with E-state index in [0.717, 1.165) is 47.1 Å². The van der Waals surface area contributed by atoms with Gasteiger partial charge in [0.1, 0.15) is 0 Å². The molecule has 0 N–H and O–H groups in total. The standard InChI is InChI=1S/2C13H12N.C12H6F6N2.F6P.Ir/c2*1-10-3-5-12(6-4-10)13-9-11(2)7-8-14-13;13-11(14,15)7-1-3-19-9(5-7)10-6-8(2-4-20-10)12(16,17)18;1-7(2,3,4,5)6;/h2*3-5,7-9H,1-2H3;1-6H;;/q;;;-1;. The number of aromatic nitrogens is 4. The van der Waals surface area contributed by atoms with E-state index in [-0.39, 0.29) is 31.5 Å². The second kappa shape index (κ2) is 18.1. The van der Waals surface area contributed by atoms with E-state index >= 15 is 0 Å². The van der Waals surface area contributed by atoms with Crippen molar-refractivity contribution in [1.29, 1.82) is 0 Å². The summed E-state index contributed by atoms with van der Waals surface area (Å²) in [5.74, 6) is 2.45. The van der Waals surface area contributed by atoms with E-state index in [1.165, 1.54) is 23.0 Å². The van der Waals surface area contributed by atoms with Crippen molar-refractivity contribution in [3.63, 3.8) is 0 Å². The van der Waals surface area contributed by atoms with Gasteiger partial charge in [-0.3, -0.25) is 19.9 Å². The number of hydrogen-bond donors (Lipinski definition) is 0. The average molecular weight is 994 g/mol. The number of nitrogens with zero attached hydrogens (tertiary/aromatic N) is 4. The maximum absolute atomic E-state index is 12.5. The van der Waals surface area contributed by atoms with Crippen LogP contribution >= 0.6 is 7.81 Å². The minimum Gasteiger partial charge on any atom is 0 e. The van der Waals surface area contributed by atoms with Crippen molar-refractivity contribution in [2.45, 2.75) is 40.0 Å². The van der Waals surface area contributed by atoms with Crippen LogP contribution < -0.4 is 0 Å². The third-order valence-electron chi connectivity index (χ3n) is 6.76. The van der Waals surface area contributed by atoms with Crippen LogP contribution in [0, 0.1) is 25.7 Å². The zero-order valence-electron chi connectivity index (χ0n) is 29.5. The van der Waals surface area contributed by atoms with E-state index in [1.54, 1.807) is 0 Å². The van der Waals surface area contributed by atoms with Crippen LogP contribution in [0.1, 0.15) is 47.5 Å². The van der Waals surface area contributed by atoms with Crippen LogP contribution in [-0.2, 0) is 32.5 Å². The molecule has 0 bridgehead atoms. The molecule has 4 nitrogen and oxygen atoms in total. The molecule has 0 unspecified atom stereocenters. The molecule has 0 spiro atoms. The van der Waals surface area contributed by atoms with Gasteiger partial charge in [-0.15, -0.1) is 11.5 Å². The Bertz CT molecular complexity index is 2030. The van der Waals surface area contributed by atoms with E-state index in [1.807, 2.05) is 36.7 Å². The molecule has 0 saturated heterocycles. The first-order valence-electron chi connectivity index (χ1n) is 15.6. The van der Waals surface area contributed by atoms with Gasteiger partial charge in [0.25, 0.3) is 0 Å². The van der Waals surface area contributed by atoms with Crippen LogP contribution in [0.25, 0.3) is 22.5 Å². The Morgan fingerprint density at radius 2 is 0.768 bits per heavy atom. The Labute approximate surface area is 327 Å². The van der Waals surface area contributed by atoms with E-state index in [2.05, 4.69) is 95.5 Å². The number of alkyl halides is 6. The first-order valence-corrected chi connectivity index (χ1v) is 17.6. The molecule has 0 fully saturated rings. The average Bonchev–Trinajstić information content (AvgIpc) is 3.08. The molecule has 0 amide bonds. The van der Waals surface area contributed by atoms with Gasteiger partial charge in [0, 0.05) is 67.9 Å². The van der Waals surface area contributed by atoms with Crippen molar-refractivity contribution in [2.75, 3.05) is 0 Å². The molecule has 4 aromatic rings. The molecule has 0 saturated carbocycles. The summed E-state index contributed by atoms with van der Waals surface area (Å²) in [6, 6.07) is 10.9. The third kappa shape index (κ3) is 18.3. The van der Waals surface area contributed by atoms with Crippen molar-refractivity contribution in [3.8, 4) is 11.4 Å². The molecule has 301 valence electrons. The molecule has 56 heavy (non-hydrogen) atoms. The smallest absolute Gasteiger partial charge is 0 e. The minimum atomic E-state index is -10.7. The SMILES string of the molecule is C[C]1C=C=C(c2cc(C)ccn2)C=C1.C[C]1C=C=C(c2cc(C)ccn2)C=C1.FC(F)(F)c1ccnc(-c2cc(C(F)(F)F)ccn2)c1.F[P-](F)(F)(F)(F)F.[Ir]. The van der Waals surface area contributed by atoms with Crippen LogP contribution in [0.5, 0.6) is 0 Å². The van der Waals surface area contributed by atoms with E-state index in [0.29, 0.717) is 12.1 Å². The summed E-state index contributed by atoms with van der Waals surface area (Å²) in [5.41, 5.74) is 10.4. The number of halogens is 12. The van der Waals surface area contributed by atoms with Crippen LogP contribution in [0.4, 0.5) is 51.5 Å². The summed E-state index contributed by atoms with van der Waals surface area (Å²) in [5, 5.41) is 0. The number of rotatable bonds is 3. The topological polar surface area (TPSA) is 51.6 Å². The Morgan fingerprint density at radius 1 is 0.464 bits per heavy atom. The molecule has 2 aliphatic rings. The molecule has 6 rings (SSSR count). The molecule has 0 atom stereocenters. The van der Waals surface area contributed by atoms with Gasteiger partial charge in [-0.25, -0.2) is 0 Å². The first kappa shape index (κ1) is 47.5. The summed E-state index contributed by atoms with van der Waals surface area (Å²) in [7, 11) is -10.7.